The van der Waals surface area contributed by atoms with E-state index in [2.05, 4.69) is 115 Å². The minimum Gasteiger partial charge on any atom is -0.287 e. The Morgan fingerprint density at radius 1 is 0.833 bits per heavy atom. The summed E-state index contributed by atoms with van der Waals surface area (Å²) in [4.78, 5) is 7.98. The highest BCUT2D eigenvalue weighted by Gasteiger charge is 2.58. The molecule has 2 nitrogen and oxygen atoms in total. The molecule has 2 heterocycles. The third kappa shape index (κ3) is 3.84. The van der Waals surface area contributed by atoms with Gasteiger partial charge in [-0.1, -0.05) is 103 Å². The molecule has 2 aliphatic heterocycles. The van der Waals surface area contributed by atoms with E-state index >= 15 is 0 Å². The standard InChI is InChI=1S/C26H26N2S2/c1-25(17-21-11-5-2-6-12-21)26(30-24(27-25)23-15-9-4-10-16-23)19-28(20-29-26)18-22-13-7-3-8-14-22/h2-16H,17-20H2,1H3. The van der Waals surface area contributed by atoms with Gasteiger partial charge in [-0.15, -0.1) is 11.8 Å². The smallest absolute Gasteiger partial charge is 0.106 e. The lowest BCUT2D eigenvalue weighted by Gasteiger charge is -2.37. The first-order valence-electron chi connectivity index (χ1n) is 10.4. The molecule has 4 heteroatoms. The molecule has 152 valence electrons. The molecule has 3 aromatic carbocycles. The average molecular weight is 431 g/mol. The minimum atomic E-state index is -0.152. The number of nitrogens with zero attached hydrogens (tertiary/aromatic N) is 2. The van der Waals surface area contributed by atoms with Crippen LogP contribution in [0.4, 0.5) is 0 Å². The van der Waals surface area contributed by atoms with Crippen LogP contribution < -0.4 is 0 Å². The lowest BCUT2D eigenvalue weighted by Crippen LogP contribution is -2.47. The van der Waals surface area contributed by atoms with Gasteiger partial charge in [0.05, 0.1) is 10.6 Å². The number of rotatable bonds is 5. The number of hydrogen-bond donors (Lipinski definition) is 0. The van der Waals surface area contributed by atoms with Gasteiger partial charge in [0.25, 0.3) is 0 Å². The minimum absolute atomic E-state index is 0.0306. The van der Waals surface area contributed by atoms with Crippen LogP contribution in [-0.2, 0) is 13.0 Å². The van der Waals surface area contributed by atoms with Crippen molar-refractivity contribution in [3.05, 3.63) is 108 Å². The Morgan fingerprint density at radius 2 is 1.43 bits per heavy atom. The lowest BCUT2D eigenvalue weighted by atomic mass is 9.88. The van der Waals surface area contributed by atoms with E-state index in [0.717, 1.165) is 25.4 Å². The molecule has 0 radical (unpaired) electrons. The first kappa shape index (κ1) is 19.9. The summed E-state index contributed by atoms with van der Waals surface area (Å²) in [5, 5.41) is 1.18. The van der Waals surface area contributed by atoms with Gasteiger partial charge in [0.15, 0.2) is 0 Å². The third-order valence-corrected chi connectivity index (χ3v) is 9.56. The van der Waals surface area contributed by atoms with E-state index in [4.69, 9.17) is 4.99 Å². The topological polar surface area (TPSA) is 15.6 Å². The molecule has 1 saturated heterocycles. The summed E-state index contributed by atoms with van der Waals surface area (Å²) in [6, 6.07) is 32.3. The zero-order chi connectivity index (χ0) is 20.4. The molecule has 1 fully saturated rings. The molecule has 3 aromatic rings. The van der Waals surface area contributed by atoms with Crippen LogP contribution in [0.3, 0.4) is 0 Å². The van der Waals surface area contributed by atoms with Crippen LogP contribution in [0.25, 0.3) is 0 Å². The molecule has 2 atom stereocenters. The highest BCUT2D eigenvalue weighted by molar-refractivity contribution is 8.27. The predicted molar refractivity (Wildman–Crippen MR) is 131 cm³/mol. The van der Waals surface area contributed by atoms with Crippen molar-refractivity contribution in [2.75, 3.05) is 12.4 Å². The number of benzene rings is 3. The second-order valence-electron chi connectivity index (χ2n) is 8.32. The Kier molecular flexibility index (Phi) is 5.48. The van der Waals surface area contributed by atoms with Gasteiger partial charge >= 0.3 is 0 Å². The SMILES string of the molecule is CC1(Cc2ccccc2)N=C(c2ccccc2)SC12CN(Cc1ccccc1)CS2. The van der Waals surface area contributed by atoms with Gasteiger partial charge in [-0.05, 0) is 24.5 Å². The lowest BCUT2D eigenvalue weighted by molar-refractivity contribution is 0.291. The molecule has 30 heavy (non-hydrogen) atoms. The molecule has 1 spiro atoms. The molecule has 2 aliphatic rings. The van der Waals surface area contributed by atoms with Crippen molar-refractivity contribution in [1.82, 2.24) is 4.90 Å². The van der Waals surface area contributed by atoms with E-state index in [1.165, 1.54) is 21.7 Å². The molecule has 0 N–H and O–H groups in total. The second-order valence-corrected chi connectivity index (χ2v) is 11.1. The molecular formula is C26H26N2S2. The predicted octanol–water partition coefficient (Wildman–Crippen LogP) is 6.08. The van der Waals surface area contributed by atoms with E-state index in [0.29, 0.717) is 0 Å². The summed E-state index contributed by atoms with van der Waals surface area (Å²) in [6.07, 6.45) is 0.962. The molecule has 0 saturated carbocycles. The number of hydrogen-bond acceptors (Lipinski definition) is 4. The van der Waals surface area contributed by atoms with Crippen molar-refractivity contribution in [2.45, 2.75) is 29.5 Å². The van der Waals surface area contributed by atoms with Crippen molar-refractivity contribution in [1.29, 1.82) is 0 Å². The molecule has 2 unspecified atom stereocenters. The van der Waals surface area contributed by atoms with Crippen molar-refractivity contribution < 1.29 is 0 Å². The number of aliphatic imine (C=N–C) groups is 1. The molecule has 0 aromatic heterocycles. The average Bonchev–Trinajstić information content (AvgIpc) is 3.31. The van der Waals surface area contributed by atoms with Crippen LogP contribution in [0, 0.1) is 0 Å². The van der Waals surface area contributed by atoms with Crippen LogP contribution >= 0.6 is 23.5 Å². The van der Waals surface area contributed by atoms with E-state index in [1.54, 1.807) is 0 Å². The Labute approximate surface area is 187 Å². The molecule has 0 bridgehead atoms. The quantitative estimate of drug-likeness (QED) is 0.487. The maximum Gasteiger partial charge on any atom is 0.106 e. The second kappa shape index (κ2) is 8.26. The third-order valence-electron chi connectivity index (χ3n) is 6.00. The number of thioether (sulfide) groups is 2. The van der Waals surface area contributed by atoms with Gasteiger partial charge in [0.2, 0.25) is 0 Å². The summed E-state index contributed by atoms with van der Waals surface area (Å²) in [5.41, 5.74) is 3.83. The Bertz CT molecular complexity index is 1020. The zero-order valence-electron chi connectivity index (χ0n) is 17.2. The van der Waals surface area contributed by atoms with Crippen LogP contribution in [0.1, 0.15) is 23.6 Å². The first-order valence-corrected chi connectivity index (χ1v) is 12.2. The Balaban J connectivity index is 1.45. The summed E-state index contributed by atoms with van der Waals surface area (Å²) in [6.45, 7) is 4.40. The Morgan fingerprint density at radius 3 is 2.10 bits per heavy atom. The van der Waals surface area contributed by atoms with Crippen LogP contribution in [-0.4, -0.2) is 32.0 Å². The first-order chi connectivity index (χ1) is 14.7. The highest BCUT2D eigenvalue weighted by Crippen LogP contribution is 2.58. The molecular weight excluding hydrogens is 404 g/mol. The van der Waals surface area contributed by atoms with Gasteiger partial charge < -0.3 is 0 Å². The molecule has 0 amide bonds. The summed E-state index contributed by atoms with van der Waals surface area (Å²) >= 11 is 4.06. The summed E-state index contributed by atoms with van der Waals surface area (Å²) in [5.74, 6) is 1.05. The van der Waals surface area contributed by atoms with E-state index in [1.807, 2.05) is 11.8 Å². The zero-order valence-corrected chi connectivity index (χ0v) is 18.8. The van der Waals surface area contributed by atoms with Crippen LogP contribution in [0.5, 0.6) is 0 Å². The maximum atomic E-state index is 5.39. The van der Waals surface area contributed by atoms with Crippen molar-refractivity contribution >= 4 is 28.6 Å². The van der Waals surface area contributed by atoms with Crippen LogP contribution in [0.15, 0.2) is 96.0 Å². The van der Waals surface area contributed by atoms with Crippen molar-refractivity contribution in [3.63, 3.8) is 0 Å². The van der Waals surface area contributed by atoms with Crippen LogP contribution in [0.2, 0.25) is 0 Å². The van der Waals surface area contributed by atoms with E-state index in [9.17, 15) is 0 Å². The van der Waals surface area contributed by atoms with Gasteiger partial charge in [-0.2, -0.15) is 0 Å². The highest BCUT2D eigenvalue weighted by atomic mass is 32.2. The van der Waals surface area contributed by atoms with Crippen molar-refractivity contribution in [3.8, 4) is 0 Å². The summed E-state index contributed by atoms with van der Waals surface area (Å²) in [7, 11) is 0. The van der Waals surface area contributed by atoms with Gasteiger partial charge in [-0.25, -0.2) is 0 Å². The largest absolute Gasteiger partial charge is 0.287 e. The fraction of sp³-hybridized carbons (Fsp3) is 0.269. The van der Waals surface area contributed by atoms with E-state index < -0.39 is 0 Å². The fourth-order valence-corrected chi connectivity index (χ4v) is 7.69. The van der Waals surface area contributed by atoms with Crippen molar-refractivity contribution in [2.24, 2.45) is 4.99 Å². The normalized spacial score (nSPS) is 26.2. The van der Waals surface area contributed by atoms with Gasteiger partial charge in [0.1, 0.15) is 4.08 Å². The Hall–Kier alpha value is -2.01. The molecule has 0 aliphatic carbocycles. The fourth-order valence-electron chi connectivity index (χ4n) is 4.38. The molecule has 5 rings (SSSR count). The van der Waals surface area contributed by atoms with E-state index in [-0.39, 0.29) is 9.62 Å². The monoisotopic (exact) mass is 430 g/mol. The van der Waals surface area contributed by atoms with Gasteiger partial charge in [-0.3, -0.25) is 9.89 Å². The summed E-state index contributed by atoms with van der Waals surface area (Å²) < 4.78 is 0.0306. The maximum absolute atomic E-state index is 5.39. The van der Waals surface area contributed by atoms with Gasteiger partial charge in [0, 0.05) is 24.5 Å².